The first-order chi connectivity index (χ1) is 21.2. The lowest BCUT2D eigenvalue weighted by Gasteiger charge is -2.39. The van der Waals surface area contributed by atoms with E-state index in [0.29, 0.717) is 17.8 Å². The molecule has 0 spiro atoms. The minimum Gasteiger partial charge on any atom is -0.423 e. The Labute approximate surface area is 267 Å². The van der Waals surface area contributed by atoms with Gasteiger partial charge >= 0.3 is 12.1 Å². The third-order valence-corrected chi connectivity index (χ3v) is 9.24. The van der Waals surface area contributed by atoms with Crippen LogP contribution in [0.5, 0.6) is 0 Å². The van der Waals surface area contributed by atoms with Crippen molar-refractivity contribution in [2.24, 2.45) is 4.99 Å². The third-order valence-electron chi connectivity index (χ3n) is 8.30. The molecule has 2 aliphatic heterocycles. The second-order valence-electron chi connectivity index (χ2n) is 12.7. The van der Waals surface area contributed by atoms with Gasteiger partial charge in [0.25, 0.3) is 5.79 Å². The number of benzene rings is 1. The van der Waals surface area contributed by atoms with E-state index >= 15 is 0 Å². The Hall–Kier alpha value is -2.91. The fourth-order valence-corrected chi connectivity index (χ4v) is 6.77. The van der Waals surface area contributed by atoms with Crippen molar-refractivity contribution in [3.8, 4) is 0 Å². The van der Waals surface area contributed by atoms with Crippen LogP contribution in [0.2, 0.25) is 0 Å². The van der Waals surface area contributed by atoms with Crippen LogP contribution >= 0.6 is 11.3 Å². The second-order valence-corrected chi connectivity index (χ2v) is 13.9. The van der Waals surface area contributed by atoms with Crippen LogP contribution in [0.1, 0.15) is 103 Å². The number of amides is 1. The van der Waals surface area contributed by atoms with Gasteiger partial charge in [-0.2, -0.15) is 0 Å². The summed E-state index contributed by atoms with van der Waals surface area (Å²) in [5.74, 6) is -1.01. The minimum atomic E-state index is -1.43. The predicted octanol–water partition coefficient (Wildman–Crippen LogP) is 7.26. The van der Waals surface area contributed by atoms with E-state index in [2.05, 4.69) is 36.8 Å². The first-order valence-electron chi connectivity index (χ1n) is 16.7. The van der Waals surface area contributed by atoms with Crippen LogP contribution in [0, 0.1) is 6.92 Å². The van der Waals surface area contributed by atoms with E-state index in [9.17, 15) is 9.59 Å². The van der Waals surface area contributed by atoms with Gasteiger partial charge in [0, 0.05) is 51.3 Å². The number of thiophene rings is 1. The van der Waals surface area contributed by atoms with Crippen molar-refractivity contribution in [2.75, 3.05) is 38.1 Å². The number of ether oxygens (including phenoxy) is 2. The number of piperazine rings is 1. The van der Waals surface area contributed by atoms with Gasteiger partial charge in [0.15, 0.2) is 0 Å². The van der Waals surface area contributed by atoms with Crippen molar-refractivity contribution in [1.82, 2.24) is 9.80 Å². The number of nitrogens with zero attached hydrogens (tertiary/aromatic N) is 4. The van der Waals surface area contributed by atoms with Gasteiger partial charge in [0.2, 0.25) is 0 Å². The Kier molecular flexibility index (Phi) is 12.7. The number of aryl methyl sites for hydroxylation is 1. The number of rotatable bonds is 15. The highest BCUT2D eigenvalue weighted by Crippen LogP contribution is 2.35. The number of esters is 1. The molecule has 0 unspecified atom stereocenters. The fraction of sp³-hybridized carbons (Fsp3) is 0.629. The Balaban J connectivity index is 1.38. The van der Waals surface area contributed by atoms with Crippen LogP contribution in [0.25, 0.3) is 5.82 Å². The number of carbonyl (C=O) groups excluding carboxylic acids is 2. The molecular weight excluding hydrogens is 572 g/mol. The zero-order valence-corrected chi connectivity index (χ0v) is 28.3. The fourth-order valence-electron chi connectivity index (χ4n) is 5.89. The van der Waals surface area contributed by atoms with E-state index in [1.54, 1.807) is 30.1 Å². The first-order valence-corrected chi connectivity index (χ1v) is 17.5. The number of hydrogen-bond donors (Lipinski definition) is 0. The van der Waals surface area contributed by atoms with Crippen LogP contribution in [0.4, 0.5) is 16.2 Å². The monoisotopic (exact) mass is 624 g/mol. The summed E-state index contributed by atoms with van der Waals surface area (Å²) in [7, 11) is 2.11. The molecule has 0 aliphatic carbocycles. The van der Waals surface area contributed by atoms with E-state index in [-0.39, 0.29) is 5.97 Å². The molecule has 2 aromatic rings. The van der Waals surface area contributed by atoms with Gasteiger partial charge < -0.3 is 19.3 Å². The summed E-state index contributed by atoms with van der Waals surface area (Å²) < 4.78 is 12.6. The van der Waals surface area contributed by atoms with E-state index in [1.807, 2.05) is 24.3 Å². The number of likely N-dealkylation sites (N-methyl/N-ethyl adjacent to an activating group) is 1. The molecule has 0 atom stereocenters. The summed E-state index contributed by atoms with van der Waals surface area (Å²) in [6.45, 7) is 10.9. The average molecular weight is 625 g/mol. The molecule has 1 saturated heterocycles. The molecule has 1 amide bonds. The summed E-state index contributed by atoms with van der Waals surface area (Å²) in [5.41, 5.74) is 1.35. The van der Waals surface area contributed by atoms with E-state index in [1.165, 1.54) is 51.4 Å². The molecule has 242 valence electrons. The summed E-state index contributed by atoms with van der Waals surface area (Å²) in [6.07, 6.45) is 13.1. The van der Waals surface area contributed by atoms with Crippen LogP contribution in [0.15, 0.2) is 35.3 Å². The molecule has 2 aliphatic rings. The van der Waals surface area contributed by atoms with Crippen LogP contribution < -0.4 is 14.8 Å². The van der Waals surface area contributed by atoms with Crippen molar-refractivity contribution >= 4 is 40.6 Å². The van der Waals surface area contributed by atoms with Crippen LogP contribution in [0.3, 0.4) is 0 Å². The summed E-state index contributed by atoms with van der Waals surface area (Å²) in [6, 6.07) is 9.74. The molecule has 0 saturated carbocycles. The average Bonchev–Trinajstić information content (AvgIpc) is 3.27. The van der Waals surface area contributed by atoms with Crippen molar-refractivity contribution in [3.63, 3.8) is 0 Å². The molecule has 1 aromatic heterocycles. The lowest BCUT2D eigenvalue weighted by atomic mass is 10.1. The van der Waals surface area contributed by atoms with Gasteiger partial charge in [-0.05, 0) is 38.6 Å². The predicted molar refractivity (Wildman–Crippen MR) is 179 cm³/mol. The largest absolute Gasteiger partial charge is 0.423 e. The van der Waals surface area contributed by atoms with Gasteiger partial charge in [-0.1, -0.05) is 83.3 Å². The number of unbranched alkanes of at least 4 members (excludes halogenated alkanes) is 10. The molecule has 1 fully saturated rings. The van der Waals surface area contributed by atoms with Crippen LogP contribution in [-0.4, -0.2) is 60.9 Å². The topological polar surface area (TPSA) is 74.7 Å². The molecule has 0 bridgehead atoms. The highest BCUT2D eigenvalue weighted by Gasteiger charge is 2.36. The summed E-state index contributed by atoms with van der Waals surface area (Å²) in [4.78, 5) is 39.1. The van der Waals surface area contributed by atoms with Crippen molar-refractivity contribution in [1.29, 1.82) is 0 Å². The van der Waals surface area contributed by atoms with Crippen molar-refractivity contribution in [3.05, 3.63) is 45.1 Å². The molecule has 0 N–H and O–H groups in total. The molecule has 9 heteroatoms. The highest BCUT2D eigenvalue weighted by atomic mass is 32.1. The number of fused-ring (bicyclic) bond motifs is 2. The zero-order valence-electron chi connectivity index (χ0n) is 27.5. The van der Waals surface area contributed by atoms with Crippen molar-refractivity contribution in [2.45, 2.75) is 111 Å². The normalized spacial score (nSPS) is 15.3. The maximum absolute atomic E-state index is 14.1. The first kappa shape index (κ1) is 34.0. The van der Waals surface area contributed by atoms with Gasteiger partial charge in [0.1, 0.15) is 10.5 Å². The van der Waals surface area contributed by atoms with E-state index in [0.717, 1.165) is 66.0 Å². The minimum absolute atomic E-state index is 0.319. The standard InChI is InChI=1S/C35H52N4O4S/c1-6-7-8-9-10-11-12-13-14-15-16-21-31(40)42-35(3,4)43-34(41)39-30-20-18-17-19-29(30)36-32-28(26-27(2)44-32)33(39)38-24-22-37(5)23-25-38/h17-20,26H,6-16,21-25H2,1-5H3. The lowest BCUT2D eigenvalue weighted by Crippen LogP contribution is -2.52. The second kappa shape index (κ2) is 16.4. The molecule has 8 nitrogen and oxygen atoms in total. The van der Waals surface area contributed by atoms with Crippen LogP contribution in [-0.2, 0) is 14.3 Å². The third kappa shape index (κ3) is 9.54. The number of anilines is 1. The summed E-state index contributed by atoms with van der Waals surface area (Å²) in [5, 5.41) is 0.913. The SMILES string of the molecule is CCCCCCCCCCCCCC(=O)OC(C)(C)OC(=O)N1C(N2CCN(C)CC2)=c2cc(C)sc2=Nc2ccccc21. The Morgan fingerprint density at radius 1 is 0.886 bits per heavy atom. The van der Waals surface area contributed by atoms with Gasteiger partial charge in [0.05, 0.1) is 16.6 Å². The maximum Gasteiger partial charge on any atom is 0.423 e. The van der Waals surface area contributed by atoms with E-state index < -0.39 is 11.9 Å². The molecule has 0 radical (unpaired) electrons. The molecule has 3 heterocycles. The summed E-state index contributed by atoms with van der Waals surface area (Å²) >= 11 is 1.62. The lowest BCUT2D eigenvalue weighted by molar-refractivity contribution is -0.193. The van der Waals surface area contributed by atoms with E-state index in [4.69, 9.17) is 14.5 Å². The molecule has 44 heavy (non-hydrogen) atoms. The van der Waals surface area contributed by atoms with Gasteiger partial charge in [-0.15, -0.1) is 11.3 Å². The van der Waals surface area contributed by atoms with Gasteiger partial charge in [-0.3, -0.25) is 4.79 Å². The smallest absolute Gasteiger partial charge is 0.423 e. The van der Waals surface area contributed by atoms with Gasteiger partial charge in [-0.25, -0.2) is 14.7 Å². The maximum atomic E-state index is 14.1. The highest BCUT2D eigenvalue weighted by molar-refractivity contribution is 7.09. The molecule has 4 rings (SSSR count). The number of carbonyl (C=O) groups is 2. The Bertz CT molecular complexity index is 1360. The number of hydrogen-bond acceptors (Lipinski definition) is 8. The molecule has 1 aromatic carbocycles. The Morgan fingerprint density at radius 2 is 1.50 bits per heavy atom. The quantitative estimate of drug-likeness (QED) is 0.118. The zero-order chi connectivity index (χ0) is 31.5. The number of para-hydroxylation sites is 2. The Morgan fingerprint density at radius 3 is 2.16 bits per heavy atom. The molecular formula is C35H52N4O4S. The van der Waals surface area contributed by atoms with Crippen molar-refractivity contribution < 1.29 is 19.1 Å².